The van der Waals surface area contributed by atoms with E-state index in [1.807, 2.05) is 19.2 Å². The number of halogens is 2. The molecule has 7 nitrogen and oxygen atoms in total. The molecule has 0 spiro atoms. The van der Waals surface area contributed by atoms with Gasteiger partial charge in [-0.2, -0.15) is 0 Å². The summed E-state index contributed by atoms with van der Waals surface area (Å²) in [5.74, 6) is 0.796. The third-order valence-electron chi connectivity index (χ3n) is 4.46. The van der Waals surface area contributed by atoms with Gasteiger partial charge in [-0.25, -0.2) is 9.37 Å². The number of guanidine groups is 1. The monoisotopic (exact) mass is 524 g/mol. The number of nitrogens with one attached hydrogen (secondary N) is 4. The molecule has 0 fully saturated rings. The smallest absolute Gasteiger partial charge is 0.227 e. The molecule has 0 saturated heterocycles. The maximum Gasteiger partial charge on any atom is 0.227 e. The number of rotatable bonds is 7. The predicted octanol–water partition coefficient (Wildman–Crippen LogP) is 3.36. The third kappa shape index (κ3) is 6.68. The Bertz CT molecular complexity index is 1000. The lowest BCUT2D eigenvalue weighted by molar-refractivity contribution is -0.116. The van der Waals surface area contributed by atoms with Crippen molar-refractivity contribution < 1.29 is 9.18 Å². The van der Waals surface area contributed by atoms with Crippen molar-refractivity contribution in [1.82, 2.24) is 20.6 Å². The fraction of sp³-hybridized carbons (Fsp3) is 0.286. The molecule has 0 atom stereocenters. The van der Waals surface area contributed by atoms with E-state index in [2.05, 4.69) is 30.9 Å². The SMILES string of the molecule is CN=C(NCCC(=O)Nc1ccc(C)cn1)NCCc1c[nH]c2cc(F)ccc12.I. The number of amides is 1. The number of nitrogens with zero attached hydrogens (tertiary/aromatic N) is 2. The van der Waals surface area contributed by atoms with E-state index in [-0.39, 0.29) is 35.7 Å². The molecule has 4 N–H and O–H groups in total. The maximum absolute atomic E-state index is 13.3. The molecule has 160 valence electrons. The molecule has 3 rings (SSSR count). The van der Waals surface area contributed by atoms with Crippen LogP contribution in [0.25, 0.3) is 10.9 Å². The summed E-state index contributed by atoms with van der Waals surface area (Å²) < 4.78 is 13.3. The summed E-state index contributed by atoms with van der Waals surface area (Å²) >= 11 is 0. The molecule has 0 bridgehead atoms. The Hall–Kier alpha value is -2.69. The second-order valence-electron chi connectivity index (χ2n) is 6.70. The molecule has 0 saturated carbocycles. The number of hydrogen-bond donors (Lipinski definition) is 4. The standard InChI is InChI=1S/C21H25FN6O.HI/c1-14-3-6-19(27-12-14)28-20(29)8-10-25-21(23-2)24-9-7-15-13-26-18-11-16(22)4-5-17(15)18;/h3-6,11-13,26H,7-10H2,1-2H3,(H2,23,24,25)(H,27,28,29);1H. The Balaban J connectivity index is 0.00000320. The van der Waals surface area contributed by atoms with Gasteiger partial charge >= 0.3 is 0 Å². The highest BCUT2D eigenvalue weighted by molar-refractivity contribution is 14.0. The van der Waals surface area contributed by atoms with Gasteiger partial charge < -0.3 is 20.9 Å². The number of carbonyl (C=O) groups is 1. The van der Waals surface area contributed by atoms with Gasteiger partial charge in [-0.1, -0.05) is 6.07 Å². The Kier molecular flexibility index (Phi) is 9.03. The van der Waals surface area contributed by atoms with Gasteiger partial charge in [0.2, 0.25) is 5.91 Å². The van der Waals surface area contributed by atoms with Crippen LogP contribution in [-0.4, -0.2) is 42.0 Å². The Morgan fingerprint density at radius 3 is 2.73 bits per heavy atom. The topological polar surface area (TPSA) is 94.2 Å². The number of carbonyl (C=O) groups excluding carboxylic acids is 1. The first-order valence-corrected chi connectivity index (χ1v) is 9.47. The molecule has 0 unspecified atom stereocenters. The van der Waals surface area contributed by atoms with Gasteiger partial charge in [0.25, 0.3) is 0 Å². The number of fused-ring (bicyclic) bond motifs is 1. The average Bonchev–Trinajstić information content (AvgIpc) is 3.10. The Morgan fingerprint density at radius 1 is 1.20 bits per heavy atom. The van der Waals surface area contributed by atoms with Crippen molar-refractivity contribution in [3.05, 3.63) is 59.7 Å². The van der Waals surface area contributed by atoms with Crippen molar-refractivity contribution in [3.8, 4) is 0 Å². The minimum atomic E-state index is -0.254. The fourth-order valence-electron chi connectivity index (χ4n) is 2.94. The van der Waals surface area contributed by atoms with Crippen molar-refractivity contribution in [3.63, 3.8) is 0 Å². The van der Waals surface area contributed by atoms with Crippen molar-refractivity contribution in [2.24, 2.45) is 4.99 Å². The van der Waals surface area contributed by atoms with Crippen LogP contribution in [0, 0.1) is 12.7 Å². The van der Waals surface area contributed by atoms with Gasteiger partial charge in [0.15, 0.2) is 5.96 Å². The summed E-state index contributed by atoms with van der Waals surface area (Å²) in [5, 5.41) is 10.1. The van der Waals surface area contributed by atoms with E-state index in [4.69, 9.17) is 0 Å². The van der Waals surface area contributed by atoms with Gasteiger partial charge in [-0.15, -0.1) is 24.0 Å². The highest BCUT2D eigenvalue weighted by Crippen LogP contribution is 2.19. The zero-order valence-electron chi connectivity index (χ0n) is 17.0. The number of aryl methyl sites for hydroxylation is 1. The number of H-pyrrole nitrogens is 1. The molecule has 2 aromatic heterocycles. The van der Waals surface area contributed by atoms with Crippen LogP contribution < -0.4 is 16.0 Å². The summed E-state index contributed by atoms with van der Waals surface area (Å²) in [6.07, 6.45) is 4.66. The zero-order chi connectivity index (χ0) is 20.6. The van der Waals surface area contributed by atoms with Crippen LogP contribution in [0.1, 0.15) is 17.5 Å². The highest BCUT2D eigenvalue weighted by Gasteiger charge is 2.06. The molecule has 1 amide bonds. The quantitative estimate of drug-likeness (QED) is 0.217. The van der Waals surface area contributed by atoms with E-state index in [0.29, 0.717) is 31.3 Å². The van der Waals surface area contributed by atoms with E-state index in [0.717, 1.165) is 28.5 Å². The predicted molar refractivity (Wildman–Crippen MR) is 129 cm³/mol. The number of benzene rings is 1. The summed E-state index contributed by atoms with van der Waals surface area (Å²) in [4.78, 5) is 23.4. The molecule has 30 heavy (non-hydrogen) atoms. The van der Waals surface area contributed by atoms with E-state index in [9.17, 15) is 9.18 Å². The number of pyridine rings is 1. The molecule has 3 aromatic rings. The molecular formula is C21H26FIN6O. The summed E-state index contributed by atoms with van der Waals surface area (Å²) in [5.41, 5.74) is 2.93. The van der Waals surface area contributed by atoms with Crippen LogP contribution in [-0.2, 0) is 11.2 Å². The molecule has 1 aromatic carbocycles. The normalized spacial score (nSPS) is 11.1. The number of aromatic nitrogens is 2. The first-order chi connectivity index (χ1) is 14.0. The van der Waals surface area contributed by atoms with Crippen LogP contribution >= 0.6 is 24.0 Å². The minimum absolute atomic E-state index is 0. The van der Waals surface area contributed by atoms with Gasteiger partial charge in [-0.05, 0) is 48.7 Å². The average molecular weight is 524 g/mol. The van der Waals surface area contributed by atoms with Crippen molar-refractivity contribution in [2.75, 3.05) is 25.5 Å². The van der Waals surface area contributed by atoms with Gasteiger partial charge in [0.05, 0.1) is 0 Å². The van der Waals surface area contributed by atoms with Crippen LogP contribution in [0.2, 0.25) is 0 Å². The molecule has 0 radical (unpaired) electrons. The molecule has 2 heterocycles. The van der Waals surface area contributed by atoms with E-state index in [1.54, 1.807) is 25.4 Å². The molecule has 0 aliphatic rings. The summed E-state index contributed by atoms with van der Waals surface area (Å²) in [7, 11) is 1.68. The lowest BCUT2D eigenvalue weighted by Crippen LogP contribution is -2.39. The van der Waals surface area contributed by atoms with Crippen LogP contribution in [0.4, 0.5) is 10.2 Å². The summed E-state index contributed by atoms with van der Waals surface area (Å²) in [6, 6.07) is 8.41. The van der Waals surface area contributed by atoms with Crippen LogP contribution in [0.5, 0.6) is 0 Å². The minimum Gasteiger partial charge on any atom is -0.361 e. The van der Waals surface area contributed by atoms with Gasteiger partial charge in [0, 0.05) is 49.9 Å². The fourth-order valence-corrected chi connectivity index (χ4v) is 2.94. The lowest BCUT2D eigenvalue weighted by atomic mass is 10.1. The Labute approximate surface area is 192 Å². The number of hydrogen-bond acceptors (Lipinski definition) is 3. The Morgan fingerprint density at radius 2 is 2.00 bits per heavy atom. The van der Waals surface area contributed by atoms with Gasteiger partial charge in [0.1, 0.15) is 11.6 Å². The van der Waals surface area contributed by atoms with E-state index in [1.165, 1.54) is 12.1 Å². The highest BCUT2D eigenvalue weighted by atomic mass is 127. The van der Waals surface area contributed by atoms with Crippen LogP contribution in [0.15, 0.2) is 47.7 Å². The molecular weight excluding hydrogens is 498 g/mol. The molecule has 0 aliphatic carbocycles. The number of aromatic amines is 1. The van der Waals surface area contributed by atoms with Crippen molar-refractivity contribution >= 4 is 52.6 Å². The second-order valence-corrected chi connectivity index (χ2v) is 6.70. The third-order valence-corrected chi connectivity index (χ3v) is 4.46. The van der Waals surface area contributed by atoms with E-state index >= 15 is 0 Å². The maximum atomic E-state index is 13.3. The molecule has 0 aliphatic heterocycles. The number of aliphatic imine (C=N–C) groups is 1. The summed E-state index contributed by atoms with van der Waals surface area (Å²) in [6.45, 7) is 3.05. The van der Waals surface area contributed by atoms with Gasteiger partial charge in [-0.3, -0.25) is 9.79 Å². The molecule has 9 heteroatoms. The zero-order valence-corrected chi connectivity index (χ0v) is 19.3. The van der Waals surface area contributed by atoms with Crippen molar-refractivity contribution in [2.45, 2.75) is 19.8 Å². The van der Waals surface area contributed by atoms with E-state index < -0.39 is 0 Å². The second kappa shape index (κ2) is 11.5. The first-order valence-electron chi connectivity index (χ1n) is 9.47. The first kappa shape index (κ1) is 23.6. The van der Waals surface area contributed by atoms with Crippen molar-refractivity contribution in [1.29, 1.82) is 0 Å². The lowest BCUT2D eigenvalue weighted by Gasteiger charge is -2.11. The number of anilines is 1. The largest absolute Gasteiger partial charge is 0.361 e. The van der Waals surface area contributed by atoms with Crippen LogP contribution in [0.3, 0.4) is 0 Å².